The number of nitrogens with one attached hydrogen (secondary N) is 1. The molecule has 30 heavy (non-hydrogen) atoms. The Labute approximate surface area is 191 Å². The van der Waals surface area contributed by atoms with Crippen molar-refractivity contribution in [2.24, 2.45) is 0 Å². The van der Waals surface area contributed by atoms with Gasteiger partial charge in [-0.3, -0.25) is 9.59 Å². The zero-order valence-electron chi connectivity index (χ0n) is 15.4. The monoisotopic (exact) mass is 535 g/mol. The van der Waals surface area contributed by atoms with Crippen LogP contribution in [0.25, 0.3) is 6.08 Å². The van der Waals surface area contributed by atoms with Crippen molar-refractivity contribution < 1.29 is 23.5 Å². The molecule has 0 unspecified atom stereocenters. The third-order valence-corrected chi connectivity index (χ3v) is 4.67. The van der Waals surface area contributed by atoms with Crippen molar-refractivity contribution in [1.82, 2.24) is 0 Å². The molecule has 3 aromatic rings. The van der Waals surface area contributed by atoms with Crippen LogP contribution in [0.5, 0.6) is 0 Å². The average Bonchev–Trinajstić information content (AvgIpc) is 3.17. The van der Waals surface area contributed by atoms with E-state index in [1.807, 2.05) is 22.6 Å². The second-order valence-corrected chi connectivity index (χ2v) is 7.52. The Bertz CT molecular complexity index is 1110. The molecule has 0 aliphatic rings. The summed E-state index contributed by atoms with van der Waals surface area (Å²) >= 11 is 8.03. The highest BCUT2D eigenvalue weighted by molar-refractivity contribution is 14.1. The summed E-state index contributed by atoms with van der Waals surface area (Å²) in [4.78, 5) is 36.8. The van der Waals surface area contributed by atoms with Gasteiger partial charge < -0.3 is 14.5 Å². The summed E-state index contributed by atoms with van der Waals surface area (Å²) in [6.45, 7) is -0.513. The maximum Gasteiger partial charge on any atom is 0.331 e. The fourth-order valence-electron chi connectivity index (χ4n) is 2.50. The molecular formula is C22H15ClINO5. The van der Waals surface area contributed by atoms with Gasteiger partial charge >= 0.3 is 5.97 Å². The number of benzene rings is 2. The van der Waals surface area contributed by atoms with Crippen molar-refractivity contribution in [2.45, 2.75) is 0 Å². The minimum atomic E-state index is -0.701. The second-order valence-electron chi connectivity index (χ2n) is 6.02. The highest BCUT2D eigenvalue weighted by atomic mass is 127. The van der Waals surface area contributed by atoms with E-state index in [1.54, 1.807) is 48.5 Å². The molecule has 3 rings (SSSR count). The zero-order valence-corrected chi connectivity index (χ0v) is 18.3. The largest absolute Gasteiger partial charge is 0.452 e. The minimum absolute atomic E-state index is 0.237. The number of amides is 1. The Morgan fingerprint density at radius 2 is 1.83 bits per heavy atom. The zero-order chi connectivity index (χ0) is 21.5. The molecule has 1 N–H and O–H groups in total. The molecule has 0 bridgehead atoms. The van der Waals surface area contributed by atoms with Crippen LogP contribution in [-0.4, -0.2) is 24.3 Å². The Balaban J connectivity index is 1.63. The van der Waals surface area contributed by atoms with Crippen LogP contribution < -0.4 is 5.32 Å². The summed E-state index contributed by atoms with van der Waals surface area (Å²) in [5, 5.41) is 2.94. The average molecular weight is 536 g/mol. The van der Waals surface area contributed by atoms with Crippen LogP contribution in [0.3, 0.4) is 0 Å². The van der Waals surface area contributed by atoms with E-state index in [-0.39, 0.29) is 17.0 Å². The van der Waals surface area contributed by atoms with E-state index < -0.39 is 18.5 Å². The van der Waals surface area contributed by atoms with Gasteiger partial charge in [0.25, 0.3) is 5.91 Å². The predicted molar refractivity (Wildman–Crippen MR) is 121 cm³/mol. The fraction of sp³-hybridized carbons (Fsp3) is 0.0455. The number of rotatable bonds is 7. The van der Waals surface area contributed by atoms with Crippen molar-refractivity contribution in [3.8, 4) is 0 Å². The molecule has 6 nitrogen and oxygen atoms in total. The molecule has 0 atom stereocenters. The first kappa shape index (κ1) is 21.8. The van der Waals surface area contributed by atoms with E-state index in [0.29, 0.717) is 20.1 Å². The van der Waals surface area contributed by atoms with E-state index in [4.69, 9.17) is 20.8 Å². The molecule has 0 saturated carbocycles. The number of ketones is 1. The van der Waals surface area contributed by atoms with Crippen LogP contribution in [0, 0.1) is 3.77 Å². The first-order valence-electron chi connectivity index (χ1n) is 8.72. The third-order valence-electron chi connectivity index (χ3n) is 3.86. The fourth-order valence-corrected chi connectivity index (χ4v) is 3.10. The van der Waals surface area contributed by atoms with E-state index in [9.17, 15) is 14.4 Å². The van der Waals surface area contributed by atoms with Gasteiger partial charge in [-0.2, -0.15) is 0 Å². The molecule has 8 heteroatoms. The van der Waals surface area contributed by atoms with Gasteiger partial charge in [0, 0.05) is 22.2 Å². The highest BCUT2D eigenvalue weighted by Gasteiger charge is 2.16. The maximum absolute atomic E-state index is 12.8. The summed E-state index contributed by atoms with van der Waals surface area (Å²) < 4.78 is 10.9. The van der Waals surface area contributed by atoms with Gasteiger partial charge in [0.2, 0.25) is 0 Å². The van der Waals surface area contributed by atoms with E-state index >= 15 is 0 Å². The lowest BCUT2D eigenvalue weighted by atomic mass is 10.0. The van der Waals surface area contributed by atoms with E-state index in [0.717, 1.165) is 6.08 Å². The molecule has 0 fully saturated rings. The number of carbonyl (C=O) groups excluding carboxylic acids is 3. The molecule has 0 saturated heterocycles. The number of furan rings is 1. The highest BCUT2D eigenvalue weighted by Crippen LogP contribution is 2.23. The third kappa shape index (κ3) is 6.04. The number of halogens is 2. The lowest BCUT2D eigenvalue weighted by Crippen LogP contribution is -2.21. The Kier molecular flexibility index (Phi) is 7.42. The van der Waals surface area contributed by atoms with Gasteiger partial charge in [-0.05, 0) is 59.0 Å². The predicted octanol–water partition coefficient (Wildman–Crippen LogP) is 4.96. The van der Waals surface area contributed by atoms with Crippen molar-refractivity contribution in [2.75, 3.05) is 11.9 Å². The number of anilines is 1. The molecule has 0 aliphatic heterocycles. The Morgan fingerprint density at radius 1 is 1.07 bits per heavy atom. The maximum atomic E-state index is 12.8. The first-order chi connectivity index (χ1) is 14.4. The standard InChI is InChI=1S/C22H15ClINO5/c23-15-6-9-18(17(12-15)22(28)14-4-2-1-3-5-14)25-20(26)13-29-21(27)11-8-16-7-10-19(24)30-16/h1-12H,13H2,(H,25,26)/b11-8+. The molecule has 0 spiro atoms. The molecule has 152 valence electrons. The smallest absolute Gasteiger partial charge is 0.331 e. The topological polar surface area (TPSA) is 85.6 Å². The number of ether oxygens (including phenoxy) is 1. The first-order valence-corrected chi connectivity index (χ1v) is 10.2. The lowest BCUT2D eigenvalue weighted by Gasteiger charge is -2.11. The molecule has 0 aliphatic carbocycles. The number of hydrogen-bond acceptors (Lipinski definition) is 5. The number of hydrogen-bond donors (Lipinski definition) is 1. The Hall–Kier alpha value is -2.91. The van der Waals surface area contributed by atoms with Gasteiger partial charge in [-0.25, -0.2) is 4.79 Å². The number of carbonyl (C=O) groups is 3. The molecule has 1 aromatic heterocycles. The number of esters is 1. The van der Waals surface area contributed by atoms with Crippen LogP contribution in [-0.2, 0) is 14.3 Å². The van der Waals surface area contributed by atoms with Crippen LogP contribution in [0.1, 0.15) is 21.7 Å². The van der Waals surface area contributed by atoms with Crippen LogP contribution >= 0.6 is 34.2 Å². The summed E-state index contributed by atoms with van der Waals surface area (Å²) in [6, 6.07) is 16.6. The van der Waals surface area contributed by atoms with Crippen molar-refractivity contribution >= 4 is 63.6 Å². The quantitative estimate of drug-likeness (QED) is 0.200. The van der Waals surface area contributed by atoms with Crippen molar-refractivity contribution in [3.05, 3.63) is 92.4 Å². The van der Waals surface area contributed by atoms with Crippen LogP contribution in [0.15, 0.2) is 71.2 Å². The van der Waals surface area contributed by atoms with Gasteiger partial charge in [-0.15, -0.1) is 0 Å². The van der Waals surface area contributed by atoms with Crippen molar-refractivity contribution in [3.63, 3.8) is 0 Å². The molecular weight excluding hydrogens is 521 g/mol. The lowest BCUT2D eigenvalue weighted by molar-refractivity contribution is -0.142. The second kappa shape index (κ2) is 10.2. The molecule has 1 amide bonds. The van der Waals surface area contributed by atoms with Crippen LogP contribution in [0.4, 0.5) is 5.69 Å². The van der Waals surface area contributed by atoms with Gasteiger partial charge in [0.15, 0.2) is 16.2 Å². The Morgan fingerprint density at radius 3 is 2.53 bits per heavy atom. The molecule has 1 heterocycles. The van der Waals surface area contributed by atoms with Gasteiger partial charge in [-0.1, -0.05) is 41.9 Å². The van der Waals surface area contributed by atoms with E-state index in [1.165, 1.54) is 18.2 Å². The molecule has 0 radical (unpaired) electrons. The van der Waals surface area contributed by atoms with E-state index in [2.05, 4.69) is 5.32 Å². The summed E-state index contributed by atoms with van der Waals surface area (Å²) in [5.74, 6) is -1.09. The normalized spacial score (nSPS) is 10.7. The van der Waals surface area contributed by atoms with Crippen LogP contribution in [0.2, 0.25) is 5.02 Å². The summed E-state index contributed by atoms with van der Waals surface area (Å²) in [5.41, 5.74) is 0.968. The van der Waals surface area contributed by atoms with Crippen molar-refractivity contribution in [1.29, 1.82) is 0 Å². The SMILES string of the molecule is O=C(COC(=O)/C=C/c1ccc(I)o1)Nc1ccc(Cl)cc1C(=O)c1ccccc1. The summed E-state index contributed by atoms with van der Waals surface area (Å²) in [6.07, 6.45) is 2.60. The minimum Gasteiger partial charge on any atom is -0.452 e. The van der Waals surface area contributed by atoms with Gasteiger partial charge in [0.05, 0.1) is 5.69 Å². The van der Waals surface area contributed by atoms with Gasteiger partial charge in [0.1, 0.15) is 5.76 Å². The summed E-state index contributed by atoms with van der Waals surface area (Å²) in [7, 11) is 0. The molecule has 2 aromatic carbocycles.